The molecule has 22 heavy (non-hydrogen) atoms. The van der Waals surface area contributed by atoms with E-state index in [1.807, 2.05) is 54.6 Å². The Morgan fingerprint density at radius 3 is 2.45 bits per heavy atom. The van der Waals surface area contributed by atoms with Crippen molar-refractivity contribution in [2.24, 2.45) is 4.99 Å². The normalized spacial score (nSPS) is 16.1. The van der Waals surface area contributed by atoms with Crippen LogP contribution in [0.15, 0.2) is 71.4 Å². The molecule has 0 atom stereocenters. The summed E-state index contributed by atoms with van der Waals surface area (Å²) in [6.45, 7) is 0. The van der Waals surface area contributed by atoms with Gasteiger partial charge in [-0.25, -0.2) is 9.79 Å². The number of carbonyl (C=O) groups excluding carboxylic acids is 1. The van der Waals surface area contributed by atoms with Crippen molar-refractivity contribution >= 4 is 35.6 Å². The van der Waals surface area contributed by atoms with Crippen molar-refractivity contribution in [3.8, 4) is 0 Å². The molecule has 0 N–H and O–H groups in total. The SMILES string of the molecule is O=C1OC(/C=C/c2ccccc2)=NC/1=C\c1ccccc1Cl. The number of ether oxygens (including phenoxy) is 1. The lowest BCUT2D eigenvalue weighted by atomic mass is 10.2. The number of aliphatic imine (C=N–C) groups is 1. The van der Waals surface area contributed by atoms with E-state index in [9.17, 15) is 4.79 Å². The highest BCUT2D eigenvalue weighted by atomic mass is 35.5. The van der Waals surface area contributed by atoms with Crippen LogP contribution in [0.25, 0.3) is 12.2 Å². The zero-order valence-corrected chi connectivity index (χ0v) is 12.3. The van der Waals surface area contributed by atoms with Gasteiger partial charge in [0.25, 0.3) is 0 Å². The number of rotatable bonds is 3. The summed E-state index contributed by atoms with van der Waals surface area (Å²) in [5.41, 5.74) is 1.97. The van der Waals surface area contributed by atoms with Gasteiger partial charge in [0.2, 0.25) is 5.90 Å². The van der Waals surface area contributed by atoms with Crippen molar-refractivity contribution in [3.63, 3.8) is 0 Å². The fourth-order valence-corrected chi connectivity index (χ4v) is 2.16. The van der Waals surface area contributed by atoms with Gasteiger partial charge in [0.15, 0.2) is 5.70 Å². The van der Waals surface area contributed by atoms with E-state index >= 15 is 0 Å². The maximum Gasteiger partial charge on any atom is 0.363 e. The van der Waals surface area contributed by atoms with Gasteiger partial charge in [-0.1, -0.05) is 60.1 Å². The quantitative estimate of drug-likeness (QED) is 0.624. The molecule has 0 bridgehead atoms. The molecule has 0 aromatic heterocycles. The number of carbonyl (C=O) groups is 1. The summed E-state index contributed by atoms with van der Waals surface area (Å²) >= 11 is 6.07. The average Bonchev–Trinajstić information content (AvgIpc) is 2.89. The van der Waals surface area contributed by atoms with Gasteiger partial charge < -0.3 is 4.74 Å². The summed E-state index contributed by atoms with van der Waals surface area (Å²) in [6, 6.07) is 17.0. The molecule has 0 saturated carbocycles. The van der Waals surface area contributed by atoms with Crippen LogP contribution in [0.2, 0.25) is 5.02 Å². The Morgan fingerprint density at radius 1 is 0.955 bits per heavy atom. The smallest absolute Gasteiger partial charge is 0.363 e. The Kier molecular flexibility index (Phi) is 4.17. The molecule has 0 fully saturated rings. The molecule has 4 heteroatoms. The first-order valence-electron chi connectivity index (χ1n) is 6.72. The van der Waals surface area contributed by atoms with E-state index < -0.39 is 5.97 Å². The van der Waals surface area contributed by atoms with Crippen molar-refractivity contribution in [1.29, 1.82) is 0 Å². The van der Waals surface area contributed by atoms with Gasteiger partial charge in [0.05, 0.1) is 0 Å². The van der Waals surface area contributed by atoms with Gasteiger partial charge in [-0.3, -0.25) is 0 Å². The van der Waals surface area contributed by atoms with E-state index in [1.165, 1.54) is 0 Å². The van der Waals surface area contributed by atoms with Gasteiger partial charge in [-0.05, 0) is 29.3 Å². The first-order valence-corrected chi connectivity index (χ1v) is 7.10. The Bertz CT molecular complexity index is 792. The number of cyclic esters (lactones) is 1. The number of halogens is 1. The average molecular weight is 310 g/mol. The van der Waals surface area contributed by atoms with Crippen LogP contribution in [-0.2, 0) is 9.53 Å². The first kappa shape index (κ1) is 14.3. The van der Waals surface area contributed by atoms with Crippen molar-refractivity contribution in [3.05, 3.63) is 82.5 Å². The largest absolute Gasteiger partial charge is 0.403 e. The fraction of sp³-hybridized carbons (Fsp3) is 0. The Morgan fingerprint density at radius 2 is 1.68 bits per heavy atom. The molecule has 1 heterocycles. The first-order chi connectivity index (χ1) is 10.7. The highest BCUT2D eigenvalue weighted by Gasteiger charge is 2.21. The molecule has 2 aromatic rings. The van der Waals surface area contributed by atoms with Crippen molar-refractivity contribution in [2.75, 3.05) is 0 Å². The van der Waals surface area contributed by atoms with Gasteiger partial charge >= 0.3 is 5.97 Å². The van der Waals surface area contributed by atoms with Crippen LogP contribution in [0.5, 0.6) is 0 Å². The highest BCUT2D eigenvalue weighted by Crippen LogP contribution is 2.21. The monoisotopic (exact) mass is 309 g/mol. The van der Waals surface area contributed by atoms with Crippen LogP contribution in [-0.4, -0.2) is 11.9 Å². The van der Waals surface area contributed by atoms with Crippen LogP contribution < -0.4 is 0 Å². The summed E-state index contributed by atoms with van der Waals surface area (Å²) in [5.74, 6) is -0.209. The molecule has 2 aromatic carbocycles. The summed E-state index contributed by atoms with van der Waals surface area (Å²) < 4.78 is 5.12. The van der Waals surface area contributed by atoms with E-state index in [2.05, 4.69) is 4.99 Å². The van der Waals surface area contributed by atoms with Gasteiger partial charge in [-0.15, -0.1) is 0 Å². The molecular weight excluding hydrogens is 298 g/mol. The maximum atomic E-state index is 11.8. The Hall–Kier alpha value is -2.65. The molecule has 1 aliphatic rings. The standard InChI is InChI=1S/C18H12ClNO2/c19-15-9-5-4-8-14(15)12-16-18(21)22-17(20-16)11-10-13-6-2-1-3-7-13/h1-12H/b11-10+,16-12-. The van der Waals surface area contributed by atoms with E-state index in [1.54, 1.807) is 18.2 Å². The van der Waals surface area contributed by atoms with Crippen molar-refractivity contribution < 1.29 is 9.53 Å². The van der Waals surface area contributed by atoms with E-state index in [-0.39, 0.29) is 11.6 Å². The summed E-state index contributed by atoms with van der Waals surface area (Å²) in [5, 5.41) is 0.561. The lowest BCUT2D eigenvalue weighted by Crippen LogP contribution is -2.01. The Balaban J connectivity index is 1.83. The number of hydrogen-bond donors (Lipinski definition) is 0. The molecule has 3 rings (SSSR count). The molecular formula is C18H12ClNO2. The lowest BCUT2D eigenvalue weighted by Gasteiger charge is -1.96. The second-order valence-electron chi connectivity index (χ2n) is 4.63. The van der Waals surface area contributed by atoms with Crippen LogP contribution in [0, 0.1) is 0 Å². The predicted octanol–water partition coefficient (Wildman–Crippen LogP) is 4.35. The predicted molar refractivity (Wildman–Crippen MR) is 88.4 cm³/mol. The van der Waals surface area contributed by atoms with Gasteiger partial charge in [-0.2, -0.15) is 0 Å². The van der Waals surface area contributed by atoms with Crippen LogP contribution in [0.3, 0.4) is 0 Å². The topological polar surface area (TPSA) is 38.7 Å². The van der Waals surface area contributed by atoms with Crippen molar-refractivity contribution in [1.82, 2.24) is 0 Å². The molecule has 0 radical (unpaired) electrons. The molecule has 0 spiro atoms. The highest BCUT2D eigenvalue weighted by molar-refractivity contribution is 6.32. The molecule has 0 amide bonds. The minimum Gasteiger partial charge on any atom is -0.403 e. The van der Waals surface area contributed by atoms with Crippen molar-refractivity contribution in [2.45, 2.75) is 0 Å². The molecule has 0 aliphatic carbocycles. The second-order valence-corrected chi connectivity index (χ2v) is 5.04. The minimum absolute atomic E-state index is 0.237. The number of benzene rings is 2. The van der Waals surface area contributed by atoms with Crippen LogP contribution in [0.4, 0.5) is 0 Å². The third-order valence-corrected chi connectivity index (χ3v) is 3.40. The van der Waals surface area contributed by atoms with Gasteiger partial charge in [0.1, 0.15) is 0 Å². The molecule has 0 unspecified atom stereocenters. The minimum atomic E-state index is -0.479. The molecule has 1 aliphatic heterocycles. The third kappa shape index (κ3) is 3.32. The number of nitrogens with zero attached hydrogens (tertiary/aromatic N) is 1. The molecule has 108 valence electrons. The lowest BCUT2D eigenvalue weighted by molar-refractivity contribution is -0.129. The molecule has 3 nitrogen and oxygen atoms in total. The third-order valence-electron chi connectivity index (χ3n) is 3.05. The second kappa shape index (κ2) is 6.41. The fourth-order valence-electron chi connectivity index (χ4n) is 1.97. The van der Waals surface area contributed by atoms with Crippen LogP contribution >= 0.6 is 11.6 Å². The van der Waals surface area contributed by atoms with E-state index in [4.69, 9.17) is 16.3 Å². The maximum absolute atomic E-state index is 11.8. The van der Waals surface area contributed by atoms with E-state index in [0.717, 1.165) is 11.1 Å². The van der Waals surface area contributed by atoms with E-state index in [0.29, 0.717) is 5.02 Å². The van der Waals surface area contributed by atoms with Crippen LogP contribution in [0.1, 0.15) is 11.1 Å². The number of hydrogen-bond acceptors (Lipinski definition) is 3. The zero-order valence-electron chi connectivity index (χ0n) is 11.6. The Labute approximate surface area is 133 Å². The summed E-state index contributed by atoms with van der Waals surface area (Å²) in [7, 11) is 0. The summed E-state index contributed by atoms with van der Waals surface area (Å²) in [4.78, 5) is 16.0. The zero-order chi connectivity index (χ0) is 15.4. The molecule has 0 saturated heterocycles. The summed E-state index contributed by atoms with van der Waals surface area (Å²) in [6.07, 6.45) is 5.12. The number of esters is 1. The van der Waals surface area contributed by atoms with Gasteiger partial charge in [0, 0.05) is 11.1 Å².